The largest absolute Gasteiger partial charge is 0.336 e. The molecular weight excluding hydrogens is 454 g/mol. The molecule has 0 aromatic heterocycles. The zero-order valence-electron chi connectivity index (χ0n) is 20.4. The van der Waals surface area contributed by atoms with Crippen LogP contribution in [0.4, 0.5) is 9.59 Å². The first kappa shape index (κ1) is 22.8. The molecule has 3 aliphatic heterocycles. The number of imide groups is 1. The Labute approximate surface area is 210 Å². The molecule has 3 saturated heterocycles. The van der Waals surface area contributed by atoms with Crippen LogP contribution in [-0.2, 0) is 0 Å². The summed E-state index contributed by atoms with van der Waals surface area (Å²) < 4.78 is 0. The fourth-order valence-electron chi connectivity index (χ4n) is 5.94. The van der Waals surface area contributed by atoms with Crippen LogP contribution in [-0.4, -0.2) is 96.0 Å². The maximum absolute atomic E-state index is 13.8. The molecule has 1 N–H and O–H groups in total. The van der Waals surface area contributed by atoms with Crippen molar-refractivity contribution in [1.29, 1.82) is 0 Å². The summed E-state index contributed by atoms with van der Waals surface area (Å²) in [7, 11) is 0. The second-order valence-electron chi connectivity index (χ2n) is 9.91. The van der Waals surface area contributed by atoms with Gasteiger partial charge in [0.05, 0.1) is 5.56 Å². The van der Waals surface area contributed by atoms with Gasteiger partial charge in [-0.1, -0.05) is 48.5 Å². The van der Waals surface area contributed by atoms with Gasteiger partial charge in [-0.15, -0.1) is 0 Å². The van der Waals surface area contributed by atoms with Gasteiger partial charge in [0.25, 0.3) is 5.91 Å². The van der Waals surface area contributed by atoms with E-state index >= 15 is 0 Å². The van der Waals surface area contributed by atoms with E-state index in [2.05, 4.69) is 28.4 Å². The van der Waals surface area contributed by atoms with Crippen LogP contribution in [0.25, 0.3) is 21.5 Å². The SMILES string of the molecule is O=C(c1c2ccccc2cc2ccccc12)N1CCN(C2CCN(C(=O)N3CCNC3=O)CC2)CC1. The fourth-order valence-corrected chi connectivity index (χ4v) is 5.94. The van der Waals surface area contributed by atoms with Gasteiger partial charge in [0.15, 0.2) is 0 Å². The monoisotopic (exact) mass is 485 g/mol. The molecule has 8 heteroatoms. The Kier molecular flexibility index (Phi) is 5.97. The summed E-state index contributed by atoms with van der Waals surface area (Å²) in [6.45, 7) is 5.36. The number of hydrogen-bond donors (Lipinski definition) is 1. The van der Waals surface area contributed by atoms with Crippen LogP contribution in [0.5, 0.6) is 0 Å². The number of amides is 5. The number of piperidine rings is 1. The lowest BCUT2D eigenvalue weighted by Gasteiger charge is -2.43. The molecule has 0 bridgehead atoms. The molecule has 5 amide bonds. The number of benzene rings is 3. The molecule has 0 radical (unpaired) electrons. The minimum atomic E-state index is -0.290. The number of likely N-dealkylation sites (tertiary alicyclic amines) is 1. The van der Waals surface area contributed by atoms with E-state index in [0.717, 1.165) is 53.0 Å². The molecule has 0 atom stereocenters. The maximum Gasteiger partial charge on any atom is 0.328 e. The second kappa shape index (κ2) is 9.43. The summed E-state index contributed by atoms with van der Waals surface area (Å²) in [5.74, 6) is 0.104. The van der Waals surface area contributed by atoms with Gasteiger partial charge in [0, 0.05) is 58.4 Å². The van der Waals surface area contributed by atoms with Gasteiger partial charge < -0.3 is 15.1 Å². The third-order valence-corrected chi connectivity index (χ3v) is 7.93. The molecule has 0 aliphatic carbocycles. The highest BCUT2D eigenvalue weighted by atomic mass is 16.2. The van der Waals surface area contributed by atoms with Gasteiger partial charge in [-0.3, -0.25) is 9.69 Å². The Balaban J connectivity index is 1.11. The minimum Gasteiger partial charge on any atom is -0.336 e. The molecule has 0 saturated carbocycles. The number of carbonyl (C=O) groups is 3. The van der Waals surface area contributed by atoms with Crippen LogP contribution in [0, 0.1) is 0 Å². The Hall–Kier alpha value is -3.65. The molecule has 186 valence electrons. The summed E-state index contributed by atoms with van der Waals surface area (Å²) in [4.78, 5) is 45.9. The third kappa shape index (κ3) is 4.05. The summed E-state index contributed by atoms with van der Waals surface area (Å²) >= 11 is 0. The highest BCUT2D eigenvalue weighted by Gasteiger charge is 2.35. The van der Waals surface area contributed by atoms with Crippen LogP contribution in [0.2, 0.25) is 0 Å². The predicted molar refractivity (Wildman–Crippen MR) is 139 cm³/mol. The van der Waals surface area contributed by atoms with Crippen molar-refractivity contribution in [3.8, 4) is 0 Å². The van der Waals surface area contributed by atoms with Gasteiger partial charge in [-0.05, 0) is 40.5 Å². The van der Waals surface area contributed by atoms with E-state index in [1.807, 2.05) is 41.3 Å². The number of fused-ring (bicyclic) bond motifs is 2. The summed E-state index contributed by atoms with van der Waals surface area (Å²) in [5, 5.41) is 6.88. The predicted octanol–water partition coefficient (Wildman–Crippen LogP) is 3.36. The van der Waals surface area contributed by atoms with Gasteiger partial charge in [-0.2, -0.15) is 0 Å². The van der Waals surface area contributed by atoms with Gasteiger partial charge in [0.2, 0.25) is 0 Å². The smallest absolute Gasteiger partial charge is 0.328 e. The quantitative estimate of drug-likeness (QED) is 0.565. The minimum absolute atomic E-state index is 0.104. The number of nitrogens with zero attached hydrogens (tertiary/aromatic N) is 4. The molecule has 6 rings (SSSR count). The van der Waals surface area contributed by atoms with Crippen LogP contribution in [0.1, 0.15) is 23.2 Å². The summed E-state index contributed by atoms with van der Waals surface area (Å²) in [6.07, 6.45) is 1.78. The summed E-state index contributed by atoms with van der Waals surface area (Å²) in [5.41, 5.74) is 0.801. The summed E-state index contributed by atoms with van der Waals surface area (Å²) in [6, 6.07) is 18.4. The lowest BCUT2D eigenvalue weighted by Crippen LogP contribution is -2.56. The topological polar surface area (TPSA) is 76.2 Å². The molecule has 3 aromatic carbocycles. The van der Waals surface area contributed by atoms with E-state index in [9.17, 15) is 14.4 Å². The van der Waals surface area contributed by atoms with Crippen LogP contribution >= 0.6 is 0 Å². The number of piperazine rings is 1. The second-order valence-corrected chi connectivity index (χ2v) is 9.91. The fraction of sp³-hybridized carbons (Fsp3) is 0.393. The van der Waals surface area contributed by atoms with Crippen molar-refractivity contribution in [2.75, 3.05) is 52.4 Å². The Bertz CT molecular complexity index is 1270. The Morgan fingerprint density at radius 3 is 1.94 bits per heavy atom. The first-order valence-electron chi connectivity index (χ1n) is 12.9. The van der Waals surface area contributed by atoms with E-state index in [1.54, 1.807) is 4.90 Å². The molecule has 36 heavy (non-hydrogen) atoms. The zero-order valence-corrected chi connectivity index (χ0v) is 20.4. The Morgan fingerprint density at radius 2 is 1.36 bits per heavy atom. The van der Waals surface area contributed by atoms with E-state index in [1.165, 1.54) is 4.90 Å². The molecular formula is C28H31N5O3. The molecule has 8 nitrogen and oxygen atoms in total. The molecule has 3 aromatic rings. The van der Waals surface area contributed by atoms with E-state index in [0.29, 0.717) is 45.3 Å². The van der Waals surface area contributed by atoms with Crippen LogP contribution < -0.4 is 5.32 Å². The van der Waals surface area contributed by atoms with Crippen molar-refractivity contribution >= 4 is 39.5 Å². The van der Waals surface area contributed by atoms with Gasteiger partial charge in [0.1, 0.15) is 0 Å². The highest BCUT2D eigenvalue weighted by molar-refractivity contribution is 6.18. The normalized spacial score (nSPS) is 19.8. The van der Waals surface area contributed by atoms with Gasteiger partial charge in [-0.25, -0.2) is 14.5 Å². The first-order valence-corrected chi connectivity index (χ1v) is 12.9. The first-order chi connectivity index (χ1) is 17.6. The van der Waals surface area contributed by atoms with Crippen LogP contribution in [0.3, 0.4) is 0 Å². The van der Waals surface area contributed by atoms with E-state index in [4.69, 9.17) is 0 Å². The number of rotatable bonds is 2. The van der Waals surface area contributed by atoms with E-state index in [-0.39, 0.29) is 18.0 Å². The average Bonchev–Trinajstić information content (AvgIpc) is 3.37. The lowest BCUT2D eigenvalue weighted by molar-refractivity contribution is 0.0471. The molecule has 3 aliphatic rings. The number of urea groups is 2. The Morgan fingerprint density at radius 1 is 0.750 bits per heavy atom. The average molecular weight is 486 g/mol. The lowest BCUT2D eigenvalue weighted by atomic mass is 9.95. The van der Waals surface area contributed by atoms with Crippen molar-refractivity contribution in [1.82, 2.24) is 24.9 Å². The third-order valence-electron chi connectivity index (χ3n) is 7.93. The van der Waals surface area contributed by atoms with Crippen molar-refractivity contribution in [3.63, 3.8) is 0 Å². The standard InChI is InChI=1S/C28H31N5O3/c34-26(25-23-7-3-1-5-20(23)19-21-6-2-4-8-24(21)25)31-17-15-30(16-18-31)22-9-12-32(13-10-22)28(36)33-14-11-29-27(33)35/h1-8,19,22H,9-18H2,(H,29,35). The number of hydrogen-bond acceptors (Lipinski definition) is 4. The molecule has 0 spiro atoms. The number of carbonyl (C=O) groups excluding carboxylic acids is 3. The van der Waals surface area contributed by atoms with E-state index < -0.39 is 0 Å². The highest BCUT2D eigenvalue weighted by Crippen LogP contribution is 2.30. The molecule has 0 unspecified atom stereocenters. The van der Waals surface area contributed by atoms with Crippen molar-refractivity contribution in [2.24, 2.45) is 0 Å². The van der Waals surface area contributed by atoms with Crippen molar-refractivity contribution in [3.05, 3.63) is 60.2 Å². The van der Waals surface area contributed by atoms with Gasteiger partial charge >= 0.3 is 12.1 Å². The maximum atomic E-state index is 13.8. The molecule has 3 heterocycles. The molecule has 3 fully saturated rings. The number of nitrogens with one attached hydrogen (secondary N) is 1. The van der Waals surface area contributed by atoms with Crippen LogP contribution in [0.15, 0.2) is 54.6 Å². The van der Waals surface area contributed by atoms with Crippen molar-refractivity contribution in [2.45, 2.75) is 18.9 Å². The zero-order chi connectivity index (χ0) is 24.6. The van der Waals surface area contributed by atoms with Crippen molar-refractivity contribution < 1.29 is 14.4 Å².